The summed E-state index contributed by atoms with van der Waals surface area (Å²) in [5.74, 6) is 0.654. The summed E-state index contributed by atoms with van der Waals surface area (Å²) >= 11 is 1.54. The summed E-state index contributed by atoms with van der Waals surface area (Å²) in [6.07, 6.45) is 3.83. The molecular formula is C27H29FN6S. The van der Waals surface area contributed by atoms with Crippen molar-refractivity contribution in [1.82, 2.24) is 19.6 Å². The van der Waals surface area contributed by atoms with Crippen molar-refractivity contribution in [2.45, 2.75) is 40.5 Å². The molecule has 0 fully saturated rings. The van der Waals surface area contributed by atoms with Crippen LogP contribution in [0.2, 0.25) is 0 Å². The Labute approximate surface area is 208 Å². The number of halogens is 1. The van der Waals surface area contributed by atoms with E-state index in [1.807, 2.05) is 27.9 Å². The summed E-state index contributed by atoms with van der Waals surface area (Å²) in [5.41, 5.74) is 6.72. The van der Waals surface area contributed by atoms with Crippen molar-refractivity contribution in [2.75, 3.05) is 18.5 Å². The molecule has 4 aromatic rings. The number of hydrogen-bond donors (Lipinski definition) is 0. The summed E-state index contributed by atoms with van der Waals surface area (Å²) in [7, 11) is 1.99. The molecule has 0 aliphatic carbocycles. The average molecular weight is 489 g/mol. The Kier molecular flexibility index (Phi) is 6.01. The average Bonchev–Trinajstić information content (AvgIpc) is 3.48. The van der Waals surface area contributed by atoms with Crippen LogP contribution in [0.15, 0.2) is 52.8 Å². The molecule has 35 heavy (non-hydrogen) atoms. The maximum atomic E-state index is 13.3. The van der Waals surface area contributed by atoms with Crippen LogP contribution in [-0.4, -0.2) is 38.9 Å². The number of allylic oxidation sites excluding steroid dienone is 1. The van der Waals surface area contributed by atoms with E-state index in [0.717, 1.165) is 64.3 Å². The van der Waals surface area contributed by atoms with Crippen molar-refractivity contribution in [3.05, 3.63) is 65.1 Å². The molecule has 0 amide bonds. The maximum absolute atomic E-state index is 13.3. The van der Waals surface area contributed by atoms with Gasteiger partial charge in [0.2, 0.25) is 0 Å². The first-order valence-electron chi connectivity index (χ1n) is 11.8. The Bertz CT molecular complexity index is 1440. The van der Waals surface area contributed by atoms with Crippen LogP contribution in [-0.2, 0) is 6.42 Å². The quantitative estimate of drug-likeness (QED) is 0.318. The van der Waals surface area contributed by atoms with E-state index >= 15 is 0 Å². The van der Waals surface area contributed by atoms with Gasteiger partial charge in [0.25, 0.3) is 0 Å². The van der Waals surface area contributed by atoms with Crippen LogP contribution >= 0.6 is 11.3 Å². The molecule has 5 rings (SSSR count). The first kappa shape index (κ1) is 23.4. The van der Waals surface area contributed by atoms with Crippen LogP contribution in [0.5, 0.6) is 0 Å². The molecule has 0 unspecified atom stereocenters. The summed E-state index contributed by atoms with van der Waals surface area (Å²) in [4.78, 5) is 16.4. The van der Waals surface area contributed by atoms with Gasteiger partial charge in [0.05, 0.1) is 17.1 Å². The minimum atomic E-state index is -0.254. The Hall–Kier alpha value is -3.39. The molecule has 0 saturated carbocycles. The minimum absolute atomic E-state index is 0.00138. The first-order chi connectivity index (χ1) is 16.7. The number of benzene rings is 1. The van der Waals surface area contributed by atoms with Gasteiger partial charge in [0.1, 0.15) is 5.82 Å². The molecule has 0 bridgehead atoms. The van der Waals surface area contributed by atoms with Crippen LogP contribution in [0, 0.1) is 11.2 Å². The van der Waals surface area contributed by atoms with Crippen molar-refractivity contribution in [3.8, 4) is 11.3 Å². The topological polar surface area (TPSA) is 58.7 Å². The third kappa shape index (κ3) is 4.50. The number of imidazole rings is 1. The largest absolute Gasteiger partial charge is 0.304 e. The molecular weight excluding hydrogens is 459 g/mol. The highest BCUT2D eigenvalue weighted by atomic mass is 32.1. The molecule has 0 saturated heterocycles. The Morgan fingerprint density at radius 3 is 2.54 bits per heavy atom. The lowest BCUT2D eigenvalue weighted by molar-refractivity contribution is 0.589. The number of thiazole rings is 1. The van der Waals surface area contributed by atoms with E-state index in [1.165, 1.54) is 17.7 Å². The van der Waals surface area contributed by atoms with Gasteiger partial charge < -0.3 is 4.90 Å². The molecule has 0 atom stereocenters. The molecule has 8 heteroatoms. The van der Waals surface area contributed by atoms with Crippen LogP contribution in [0.25, 0.3) is 22.5 Å². The zero-order chi connectivity index (χ0) is 24.7. The zero-order valence-electron chi connectivity index (χ0n) is 20.7. The van der Waals surface area contributed by atoms with E-state index in [-0.39, 0.29) is 11.2 Å². The Morgan fingerprint density at radius 2 is 1.83 bits per heavy atom. The summed E-state index contributed by atoms with van der Waals surface area (Å²) in [5, 5.41) is 7.85. The van der Waals surface area contributed by atoms with Gasteiger partial charge in [-0.25, -0.2) is 14.4 Å². The Morgan fingerprint density at radius 1 is 1.06 bits per heavy atom. The fraction of sp³-hybridized carbons (Fsp3) is 0.333. The summed E-state index contributed by atoms with van der Waals surface area (Å²) < 4.78 is 15.3. The van der Waals surface area contributed by atoms with Crippen molar-refractivity contribution < 1.29 is 4.39 Å². The molecule has 6 nitrogen and oxygen atoms in total. The predicted octanol–water partition coefficient (Wildman–Crippen LogP) is 6.60. The molecule has 1 aromatic carbocycles. The third-order valence-corrected chi connectivity index (χ3v) is 7.08. The van der Waals surface area contributed by atoms with Crippen molar-refractivity contribution >= 4 is 39.2 Å². The second-order valence-corrected chi connectivity index (χ2v) is 10.6. The molecule has 1 aliphatic heterocycles. The van der Waals surface area contributed by atoms with Crippen molar-refractivity contribution in [1.29, 1.82) is 0 Å². The lowest BCUT2D eigenvalue weighted by atomic mass is 9.86. The fourth-order valence-electron chi connectivity index (χ4n) is 4.21. The molecule has 3 aromatic heterocycles. The van der Waals surface area contributed by atoms with Gasteiger partial charge in [-0.15, -0.1) is 11.3 Å². The lowest BCUT2D eigenvalue weighted by Gasteiger charge is -2.23. The predicted molar refractivity (Wildman–Crippen MR) is 142 cm³/mol. The minimum Gasteiger partial charge on any atom is -0.304 e. The van der Waals surface area contributed by atoms with Gasteiger partial charge in [0.15, 0.2) is 16.6 Å². The van der Waals surface area contributed by atoms with E-state index in [4.69, 9.17) is 20.1 Å². The Balaban J connectivity index is 1.54. The number of fused-ring (bicyclic) bond motifs is 1. The number of dihydropyridines is 1. The third-order valence-electron chi connectivity index (χ3n) is 6.17. The van der Waals surface area contributed by atoms with Gasteiger partial charge in [-0.2, -0.15) is 9.61 Å². The normalized spacial score (nSPS) is 14.2. The van der Waals surface area contributed by atoms with Gasteiger partial charge in [-0.05, 0) is 60.9 Å². The monoisotopic (exact) mass is 488 g/mol. The van der Waals surface area contributed by atoms with Crippen LogP contribution in [0.3, 0.4) is 0 Å². The molecule has 0 N–H and O–H groups in total. The molecule has 1 aliphatic rings. The second-order valence-electron chi connectivity index (χ2n) is 9.74. The van der Waals surface area contributed by atoms with E-state index in [2.05, 4.69) is 39.8 Å². The number of aliphatic imine (C=N–C) groups is 1. The fourth-order valence-corrected chi connectivity index (χ4v) is 5.01. The van der Waals surface area contributed by atoms with E-state index in [9.17, 15) is 4.39 Å². The summed E-state index contributed by atoms with van der Waals surface area (Å²) in [6.45, 7) is 9.44. The highest BCUT2D eigenvalue weighted by molar-refractivity contribution is 7.14. The molecule has 180 valence electrons. The number of anilines is 2. The van der Waals surface area contributed by atoms with Gasteiger partial charge in [0, 0.05) is 35.7 Å². The summed E-state index contributed by atoms with van der Waals surface area (Å²) in [6, 6.07) is 10.5. The van der Waals surface area contributed by atoms with Gasteiger partial charge in [-0.3, -0.25) is 4.99 Å². The number of aryl methyl sites for hydroxylation is 1. The van der Waals surface area contributed by atoms with Crippen LogP contribution in [0.1, 0.15) is 45.5 Å². The highest BCUT2D eigenvalue weighted by Crippen LogP contribution is 2.34. The highest BCUT2D eigenvalue weighted by Gasteiger charge is 2.23. The number of hydrogen-bond acceptors (Lipinski definition) is 6. The lowest BCUT2D eigenvalue weighted by Crippen LogP contribution is -2.21. The number of nitrogens with zero attached hydrogens (tertiary/aromatic N) is 6. The molecule has 4 heterocycles. The van der Waals surface area contributed by atoms with Gasteiger partial charge >= 0.3 is 0 Å². The second kappa shape index (κ2) is 9.00. The number of aromatic nitrogens is 4. The number of rotatable bonds is 5. The SMILES string of the molecule is CCc1nc2ccc(C3=CC(C(C)(C)C)=NCC3)nn2c1N(C)c1nc(-c2ccc(F)cc2)cs1. The first-order valence-corrected chi connectivity index (χ1v) is 12.7. The van der Waals surface area contributed by atoms with Crippen LogP contribution in [0.4, 0.5) is 15.3 Å². The smallest absolute Gasteiger partial charge is 0.191 e. The molecule has 0 radical (unpaired) electrons. The van der Waals surface area contributed by atoms with Crippen molar-refractivity contribution in [3.63, 3.8) is 0 Å². The van der Waals surface area contributed by atoms with E-state index in [1.54, 1.807) is 23.5 Å². The molecule has 0 spiro atoms. The maximum Gasteiger partial charge on any atom is 0.191 e. The van der Waals surface area contributed by atoms with Crippen molar-refractivity contribution in [2.24, 2.45) is 10.4 Å². The zero-order valence-corrected chi connectivity index (χ0v) is 21.5. The standard InChI is InChI=1S/C27H29FN6S/c1-6-20-25(33(5)26-31-22(16-35-26)17-7-9-19(28)10-8-17)34-24(30-20)12-11-21(32-34)18-13-14-29-23(15-18)27(2,3)4/h7-12,15-16H,6,13-14H2,1-5H3. The van der Waals surface area contributed by atoms with E-state index in [0.29, 0.717) is 0 Å². The van der Waals surface area contributed by atoms with Gasteiger partial charge in [-0.1, -0.05) is 27.7 Å². The van der Waals surface area contributed by atoms with E-state index < -0.39 is 0 Å². The van der Waals surface area contributed by atoms with Crippen LogP contribution < -0.4 is 4.90 Å².